The molecule has 1 saturated heterocycles. The van der Waals surface area contributed by atoms with Crippen LogP contribution in [0, 0.1) is 0 Å². The summed E-state index contributed by atoms with van der Waals surface area (Å²) in [4.78, 5) is 32.1. The first-order valence-corrected chi connectivity index (χ1v) is 11.9. The highest BCUT2D eigenvalue weighted by molar-refractivity contribution is 6.46. The van der Waals surface area contributed by atoms with Crippen LogP contribution in [0.25, 0.3) is 5.76 Å². The number of hydrogen-bond donors (Lipinski definition) is 1. The molecule has 1 amide bonds. The van der Waals surface area contributed by atoms with Crippen molar-refractivity contribution in [2.45, 2.75) is 45.7 Å². The van der Waals surface area contributed by atoms with Crippen LogP contribution in [0.2, 0.25) is 0 Å². The van der Waals surface area contributed by atoms with Gasteiger partial charge in [-0.15, -0.1) is 0 Å². The first-order valence-electron chi connectivity index (χ1n) is 11.9. The Labute approximate surface area is 205 Å². The first-order chi connectivity index (χ1) is 16.9. The fourth-order valence-electron chi connectivity index (χ4n) is 4.23. The Hall–Kier alpha value is -3.93. The van der Waals surface area contributed by atoms with Crippen molar-refractivity contribution < 1.29 is 19.4 Å². The summed E-state index contributed by atoms with van der Waals surface area (Å²) in [7, 11) is 0. The second kappa shape index (κ2) is 10.6. The third kappa shape index (κ3) is 5.11. The first kappa shape index (κ1) is 24.2. The molecule has 4 rings (SSSR count). The summed E-state index contributed by atoms with van der Waals surface area (Å²) in [6.45, 7) is 7.04. The number of benzene rings is 2. The highest BCUT2D eigenvalue weighted by atomic mass is 16.5. The van der Waals surface area contributed by atoms with Gasteiger partial charge in [-0.3, -0.25) is 14.6 Å². The Balaban J connectivity index is 1.78. The maximum atomic E-state index is 13.2. The predicted molar refractivity (Wildman–Crippen MR) is 135 cm³/mol. The monoisotopic (exact) mass is 470 g/mol. The lowest BCUT2D eigenvalue weighted by atomic mass is 9.93. The summed E-state index contributed by atoms with van der Waals surface area (Å²) >= 11 is 0. The van der Waals surface area contributed by atoms with E-state index in [0.29, 0.717) is 23.8 Å². The van der Waals surface area contributed by atoms with Gasteiger partial charge < -0.3 is 14.7 Å². The number of hydrogen-bond acceptors (Lipinski definition) is 5. The number of nitrogens with zero attached hydrogens (tertiary/aromatic N) is 2. The number of aliphatic hydroxyl groups is 1. The Morgan fingerprint density at radius 1 is 1.06 bits per heavy atom. The van der Waals surface area contributed by atoms with Gasteiger partial charge in [-0.1, -0.05) is 51.1 Å². The predicted octanol–water partition coefficient (Wildman–Crippen LogP) is 5.62. The molecule has 0 bridgehead atoms. The SMILES string of the molecule is CCCOc1ccc(/C(O)=C2\C(=O)C(=O)N(Cc3cccnc3)[C@@H]2c2ccc(C(C)C)cc2)cc1. The van der Waals surface area contributed by atoms with Gasteiger partial charge in [0.2, 0.25) is 0 Å². The van der Waals surface area contributed by atoms with Gasteiger partial charge in [0.25, 0.3) is 11.7 Å². The van der Waals surface area contributed by atoms with E-state index in [0.717, 1.165) is 23.1 Å². The van der Waals surface area contributed by atoms with Crippen molar-refractivity contribution in [2.24, 2.45) is 0 Å². The van der Waals surface area contributed by atoms with E-state index >= 15 is 0 Å². The molecule has 0 aliphatic carbocycles. The molecule has 180 valence electrons. The van der Waals surface area contributed by atoms with Crippen LogP contribution in [-0.4, -0.2) is 33.3 Å². The van der Waals surface area contributed by atoms with E-state index in [9.17, 15) is 14.7 Å². The van der Waals surface area contributed by atoms with Gasteiger partial charge in [-0.25, -0.2) is 0 Å². The molecule has 6 heteroatoms. The van der Waals surface area contributed by atoms with Crippen LogP contribution >= 0.6 is 0 Å². The van der Waals surface area contributed by atoms with Gasteiger partial charge >= 0.3 is 0 Å². The summed E-state index contributed by atoms with van der Waals surface area (Å²) < 4.78 is 5.62. The van der Waals surface area contributed by atoms with Crippen molar-refractivity contribution in [3.05, 3.63) is 101 Å². The highest BCUT2D eigenvalue weighted by Crippen LogP contribution is 2.40. The van der Waals surface area contributed by atoms with Crippen molar-refractivity contribution in [1.29, 1.82) is 0 Å². The van der Waals surface area contributed by atoms with Gasteiger partial charge in [0.1, 0.15) is 11.5 Å². The lowest BCUT2D eigenvalue weighted by Gasteiger charge is -2.25. The maximum Gasteiger partial charge on any atom is 0.295 e. The van der Waals surface area contributed by atoms with E-state index in [1.807, 2.05) is 37.3 Å². The standard InChI is InChI=1S/C29H30N2O4/c1-4-16-35-24-13-11-23(12-14-24)27(32)25-26(22-9-7-21(8-10-22)19(2)3)31(29(34)28(25)33)18-20-6-5-15-30-17-20/h5-15,17,19,26,32H,4,16,18H2,1-3H3/b27-25+/t26-/m1/s1. The van der Waals surface area contributed by atoms with E-state index in [4.69, 9.17) is 4.74 Å². The molecule has 1 fully saturated rings. The Kier molecular flexibility index (Phi) is 7.30. The summed E-state index contributed by atoms with van der Waals surface area (Å²) in [5.74, 6) is -0.510. The van der Waals surface area contributed by atoms with Crippen molar-refractivity contribution in [3.63, 3.8) is 0 Å². The normalized spacial score (nSPS) is 17.3. The molecule has 1 aromatic heterocycles. The molecule has 1 N–H and O–H groups in total. The minimum absolute atomic E-state index is 0.0819. The fourth-order valence-corrected chi connectivity index (χ4v) is 4.23. The average Bonchev–Trinajstić information content (AvgIpc) is 3.13. The van der Waals surface area contributed by atoms with Crippen LogP contribution in [0.4, 0.5) is 0 Å². The third-order valence-electron chi connectivity index (χ3n) is 6.14. The molecule has 0 spiro atoms. The van der Waals surface area contributed by atoms with Crippen molar-refractivity contribution in [3.8, 4) is 5.75 Å². The third-order valence-corrected chi connectivity index (χ3v) is 6.14. The van der Waals surface area contributed by atoms with Gasteiger partial charge in [0.05, 0.1) is 18.2 Å². The highest BCUT2D eigenvalue weighted by Gasteiger charge is 2.46. The van der Waals surface area contributed by atoms with Gasteiger partial charge in [-0.2, -0.15) is 0 Å². The smallest absolute Gasteiger partial charge is 0.295 e. The van der Waals surface area contributed by atoms with Gasteiger partial charge in [0, 0.05) is 24.5 Å². The number of aliphatic hydroxyl groups excluding tert-OH is 1. The number of amides is 1. The molecule has 2 aromatic carbocycles. The molecule has 2 heterocycles. The van der Waals surface area contributed by atoms with Crippen LogP contribution in [-0.2, 0) is 16.1 Å². The Morgan fingerprint density at radius 3 is 2.37 bits per heavy atom. The molecule has 1 aliphatic rings. The zero-order valence-electron chi connectivity index (χ0n) is 20.3. The number of likely N-dealkylation sites (tertiary alicyclic amines) is 1. The minimum atomic E-state index is -0.715. The summed E-state index contributed by atoms with van der Waals surface area (Å²) in [6.07, 6.45) is 4.22. The number of rotatable bonds is 8. The van der Waals surface area contributed by atoms with E-state index in [1.54, 1.807) is 42.7 Å². The molecule has 3 aromatic rings. The molecule has 35 heavy (non-hydrogen) atoms. The lowest BCUT2D eigenvalue weighted by molar-refractivity contribution is -0.140. The summed E-state index contributed by atoms with van der Waals surface area (Å²) in [5, 5.41) is 11.3. The van der Waals surface area contributed by atoms with Crippen LogP contribution in [0.1, 0.15) is 61.4 Å². The molecule has 0 radical (unpaired) electrons. The van der Waals surface area contributed by atoms with E-state index < -0.39 is 17.7 Å². The van der Waals surface area contributed by atoms with Crippen LogP contribution < -0.4 is 4.74 Å². The molecule has 1 aliphatic heterocycles. The van der Waals surface area contributed by atoms with Crippen LogP contribution in [0.15, 0.2) is 78.6 Å². The second-order valence-corrected chi connectivity index (χ2v) is 8.98. The topological polar surface area (TPSA) is 79.7 Å². The lowest BCUT2D eigenvalue weighted by Crippen LogP contribution is -2.29. The Bertz CT molecular complexity index is 1220. The fraction of sp³-hybridized carbons (Fsp3) is 0.276. The number of ketones is 1. The molecule has 0 unspecified atom stereocenters. The summed E-state index contributed by atoms with van der Waals surface area (Å²) in [6, 6.07) is 17.7. The van der Waals surface area contributed by atoms with Crippen LogP contribution in [0.5, 0.6) is 5.75 Å². The van der Waals surface area contributed by atoms with E-state index in [2.05, 4.69) is 18.8 Å². The zero-order valence-corrected chi connectivity index (χ0v) is 20.3. The minimum Gasteiger partial charge on any atom is -0.507 e. The number of ether oxygens (including phenoxy) is 1. The largest absolute Gasteiger partial charge is 0.507 e. The average molecular weight is 471 g/mol. The molecule has 6 nitrogen and oxygen atoms in total. The van der Waals surface area contributed by atoms with Crippen molar-refractivity contribution in [1.82, 2.24) is 9.88 Å². The van der Waals surface area contributed by atoms with Crippen molar-refractivity contribution >= 4 is 17.4 Å². The molecule has 0 saturated carbocycles. The maximum absolute atomic E-state index is 13.2. The van der Waals surface area contributed by atoms with Crippen LogP contribution in [0.3, 0.4) is 0 Å². The molecular weight excluding hydrogens is 440 g/mol. The second-order valence-electron chi connectivity index (χ2n) is 8.98. The van der Waals surface area contributed by atoms with Gasteiger partial charge in [0.15, 0.2) is 0 Å². The number of Topliss-reactive ketones (excluding diaryl/α,β-unsaturated/α-hetero) is 1. The molecular formula is C29H30N2O4. The number of pyridine rings is 1. The zero-order chi connectivity index (χ0) is 24.9. The molecule has 1 atom stereocenters. The van der Waals surface area contributed by atoms with Gasteiger partial charge in [-0.05, 0) is 59.4 Å². The summed E-state index contributed by atoms with van der Waals surface area (Å²) in [5.41, 5.74) is 3.26. The Morgan fingerprint density at radius 2 is 1.77 bits per heavy atom. The van der Waals surface area contributed by atoms with E-state index in [1.165, 1.54) is 4.90 Å². The van der Waals surface area contributed by atoms with E-state index in [-0.39, 0.29) is 17.9 Å². The number of carbonyl (C=O) groups is 2. The quantitative estimate of drug-likeness (QED) is 0.263. The number of aromatic nitrogens is 1. The van der Waals surface area contributed by atoms with Crippen molar-refractivity contribution in [2.75, 3.05) is 6.61 Å². The number of carbonyl (C=O) groups excluding carboxylic acids is 2.